The molecule has 3 aromatic heterocycles. The van der Waals surface area contributed by atoms with Crippen molar-refractivity contribution in [1.82, 2.24) is 14.4 Å². The molecule has 0 atom stereocenters. The molecule has 3 heterocycles. The number of hydrogen-bond acceptors (Lipinski definition) is 3. The van der Waals surface area contributed by atoms with Gasteiger partial charge in [-0.1, -0.05) is 58.4 Å². The second-order valence-corrected chi connectivity index (χ2v) is 7.40. The first-order valence-electron chi connectivity index (χ1n) is 8.64. The Hall–Kier alpha value is -3.18. The molecule has 0 bridgehead atoms. The zero-order valence-corrected chi connectivity index (χ0v) is 15.6. The summed E-state index contributed by atoms with van der Waals surface area (Å²) in [5.41, 5.74) is 6.55. The molecule has 0 saturated heterocycles. The second-order valence-electron chi connectivity index (χ2n) is 6.48. The molecule has 0 aliphatic carbocycles. The molecule has 128 valence electrons. The molecule has 0 fully saturated rings. The van der Waals surface area contributed by atoms with E-state index in [9.17, 15) is 0 Å². The van der Waals surface area contributed by atoms with Gasteiger partial charge in [-0.05, 0) is 30.3 Å². The fourth-order valence-corrected chi connectivity index (χ4v) is 3.94. The van der Waals surface area contributed by atoms with E-state index >= 15 is 0 Å². The molecule has 0 amide bonds. The Bertz CT molecular complexity index is 1470. The maximum atomic E-state index is 6.01. The third-order valence-electron chi connectivity index (χ3n) is 4.89. The zero-order valence-electron chi connectivity index (χ0n) is 14.1. The van der Waals surface area contributed by atoms with Crippen molar-refractivity contribution in [2.24, 2.45) is 0 Å². The van der Waals surface area contributed by atoms with Gasteiger partial charge in [-0.25, -0.2) is 4.98 Å². The van der Waals surface area contributed by atoms with Crippen LogP contribution in [0, 0.1) is 0 Å². The Morgan fingerprint density at radius 2 is 1.59 bits per heavy atom. The summed E-state index contributed by atoms with van der Waals surface area (Å²) in [4.78, 5) is 9.83. The van der Waals surface area contributed by atoms with Crippen LogP contribution in [0.5, 0.6) is 0 Å². The average Bonchev–Trinajstić information content (AvgIpc) is 3.24. The largest absolute Gasteiger partial charge is 0.423 e. The van der Waals surface area contributed by atoms with E-state index < -0.39 is 0 Å². The SMILES string of the molecule is Brc1ccc(-c2nc3ccccc3c3nc4oc5ccccc5n4c23)cc1. The van der Waals surface area contributed by atoms with E-state index in [1.165, 1.54) is 0 Å². The van der Waals surface area contributed by atoms with Gasteiger partial charge in [-0.2, -0.15) is 4.98 Å². The molecule has 5 heteroatoms. The minimum absolute atomic E-state index is 0.586. The van der Waals surface area contributed by atoms with Gasteiger partial charge in [0.25, 0.3) is 0 Å². The van der Waals surface area contributed by atoms with Gasteiger partial charge < -0.3 is 4.42 Å². The molecule has 6 aromatic rings. The Morgan fingerprint density at radius 1 is 0.815 bits per heavy atom. The first-order valence-corrected chi connectivity index (χ1v) is 9.43. The molecule has 0 unspecified atom stereocenters. The molecular formula is C22H12BrN3O. The zero-order chi connectivity index (χ0) is 18.0. The molecule has 0 N–H and O–H groups in total. The molecule has 0 radical (unpaired) electrons. The van der Waals surface area contributed by atoms with Crippen molar-refractivity contribution in [3.8, 4) is 11.3 Å². The second kappa shape index (κ2) is 5.41. The van der Waals surface area contributed by atoms with E-state index in [0.717, 1.165) is 48.8 Å². The van der Waals surface area contributed by atoms with Gasteiger partial charge in [0.1, 0.15) is 11.0 Å². The lowest BCUT2D eigenvalue weighted by Crippen LogP contribution is -1.91. The van der Waals surface area contributed by atoms with Gasteiger partial charge in [-0.3, -0.25) is 4.40 Å². The summed E-state index contributed by atoms with van der Waals surface area (Å²) < 4.78 is 9.12. The summed E-state index contributed by atoms with van der Waals surface area (Å²) >= 11 is 3.51. The van der Waals surface area contributed by atoms with E-state index in [1.54, 1.807) is 0 Å². The molecule has 27 heavy (non-hydrogen) atoms. The van der Waals surface area contributed by atoms with Gasteiger partial charge in [0.05, 0.1) is 16.7 Å². The lowest BCUT2D eigenvalue weighted by molar-refractivity contribution is 0.643. The number of fused-ring (bicyclic) bond motifs is 7. The maximum Gasteiger partial charge on any atom is 0.307 e. The van der Waals surface area contributed by atoms with Crippen LogP contribution in [-0.2, 0) is 0 Å². The molecule has 4 nitrogen and oxygen atoms in total. The van der Waals surface area contributed by atoms with Gasteiger partial charge in [0, 0.05) is 15.4 Å². The number of rotatable bonds is 1. The van der Waals surface area contributed by atoms with Crippen LogP contribution < -0.4 is 0 Å². The predicted molar refractivity (Wildman–Crippen MR) is 111 cm³/mol. The van der Waals surface area contributed by atoms with E-state index in [2.05, 4.69) is 38.5 Å². The Kier molecular flexibility index (Phi) is 2.99. The van der Waals surface area contributed by atoms with Crippen molar-refractivity contribution >= 4 is 54.8 Å². The Labute approximate surface area is 162 Å². The minimum Gasteiger partial charge on any atom is -0.423 e. The number of aromatic nitrogens is 3. The van der Waals surface area contributed by atoms with Crippen LogP contribution in [0.4, 0.5) is 0 Å². The van der Waals surface area contributed by atoms with Crippen molar-refractivity contribution in [1.29, 1.82) is 0 Å². The number of imidazole rings is 1. The number of halogens is 1. The number of para-hydroxylation sites is 3. The van der Waals surface area contributed by atoms with Crippen LogP contribution >= 0.6 is 15.9 Å². The molecule has 0 spiro atoms. The minimum atomic E-state index is 0.586. The first kappa shape index (κ1) is 14.9. The summed E-state index contributed by atoms with van der Waals surface area (Å²) in [5, 5.41) is 1.02. The average molecular weight is 414 g/mol. The summed E-state index contributed by atoms with van der Waals surface area (Å²) in [6.07, 6.45) is 0. The van der Waals surface area contributed by atoms with Gasteiger partial charge in [0.2, 0.25) is 0 Å². The number of pyridine rings is 1. The van der Waals surface area contributed by atoms with Crippen molar-refractivity contribution in [3.05, 3.63) is 77.3 Å². The fourth-order valence-electron chi connectivity index (χ4n) is 3.68. The van der Waals surface area contributed by atoms with E-state index in [0.29, 0.717) is 5.84 Å². The highest BCUT2D eigenvalue weighted by Crippen LogP contribution is 2.35. The smallest absolute Gasteiger partial charge is 0.307 e. The van der Waals surface area contributed by atoms with E-state index in [1.807, 2.05) is 54.6 Å². The highest BCUT2D eigenvalue weighted by molar-refractivity contribution is 9.10. The highest BCUT2D eigenvalue weighted by Gasteiger charge is 2.20. The molecule has 6 rings (SSSR count). The van der Waals surface area contributed by atoms with Crippen LogP contribution in [0.2, 0.25) is 0 Å². The molecule has 0 aliphatic heterocycles. The summed E-state index contributed by atoms with van der Waals surface area (Å²) in [6, 6.07) is 24.3. The topological polar surface area (TPSA) is 43.3 Å². The summed E-state index contributed by atoms with van der Waals surface area (Å²) in [7, 11) is 0. The number of nitrogens with zero attached hydrogens (tertiary/aromatic N) is 3. The quantitative estimate of drug-likeness (QED) is 0.321. The Morgan fingerprint density at radius 3 is 2.48 bits per heavy atom. The molecule has 3 aromatic carbocycles. The number of hydrogen-bond donors (Lipinski definition) is 0. The van der Waals surface area contributed by atoms with Crippen LogP contribution in [0.3, 0.4) is 0 Å². The summed E-state index contributed by atoms with van der Waals surface area (Å²) in [6.45, 7) is 0. The third kappa shape index (κ3) is 2.09. The van der Waals surface area contributed by atoms with Crippen LogP contribution in [0.25, 0.3) is 50.1 Å². The molecule has 0 saturated carbocycles. The van der Waals surface area contributed by atoms with E-state index in [4.69, 9.17) is 14.4 Å². The lowest BCUT2D eigenvalue weighted by atomic mass is 10.1. The standard InChI is InChI=1S/C22H12BrN3O/c23-14-11-9-13(10-12-14)19-21-20(15-5-1-2-6-16(15)24-19)25-22-26(21)17-7-3-4-8-18(17)27-22/h1-12H. The van der Waals surface area contributed by atoms with Gasteiger partial charge in [0.15, 0.2) is 5.58 Å². The molecule has 0 aliphatic rings. The van der Waals surface area contributed by atoms with Crippen molar-refractivity contribution < 1.29 is 4.42 Å². The Balaban J connectivity index is 1.87. The fraction of sp³-hybridized carbons (Fsp3) is 0. The van der Waals surface area contributed by atoms with Crippen molar-refractivity contribution in [2.75, 3.05) is 0 Å². The van der Waals surface area contributed by atoms with Crippen molar-refractivity contribution in [2.45, 2.75) is 0 Å². The van der Waals surface area contributed by atoms with Gasteiger partial charge in [-0.15, -0.1) is 0 Å². The summed E-state index contributed by atoms with van der Waals surface area (Å²) in [5.74, 6) is 0.586. The van der Waals surface area contributed by atoms with E-state index in [-0.39, 0.29) is 0 Å². The first-order chi connectivity index (χ1) is 13.3. The van der Waals surface area contributed by atoms with Crippen LogP contribution in [-0.4, -0.2) is 14.4 Å². The molecular weight excluding hydrogens is 402 g/mol. The normalized spacial score (nSPS) is 11.9. The van der Waals surface area contributed by atoms with Gasteiger partial charge >= 0.3 is 5.84 Å². The highest BCUT2D eigenvalue weighted by atomic mass is 79.9. The van der Waals surface area contributed by atoms with Crippen molar-refractivity contribution in [3.63, 3.8) is 0 Å². The monoisotopic (exact) mass is 413 g/mol. The predicted octanol–water partition coefficient (Wildman–Crippen LogP) is 6.21. The third-order valence-corrected chi connectivity index (χ3v) is 5.42. The number of oxazole rings is 1. The maximum absolute atomic E-state index is 6.01. The van der Waals surface area contributed by atoms with Crippen LogP contribution in [0.15, 0.2) is 81.7 Å². The van der Waals surface area contributed by atoms with Crippen LogP contribution in [0.1, 0.15) is 0 Å². The lowest BCUT2D eigenvalue weighted by Gasteiger charge is -2.07. The number of benzene rings is 3.